The lowest BCUT2D eigenvalue weighted by Crippen LogP contribution is -2.39. The number of nitrogens with one attached hydrogen (secondary N) is 1. The minimum absolute atomic E-state index is 0.0457. The van der Waals surface area contributed by atoms with Crippen molar-refractivity contribution in [2.24, 2.45) is 0 Å². The highest BCUT2D eigenvalue weighted by atomic mass is 35.5. The first-order valence-corrected chi connectivity index (χ1v) is 5.85. The van der Waals surface area contributed by atoms with Crippen LogP contribution in [-0.4, -0.2) is 21.1 Å². The molecule has 1 N–H and O–H groups in total. The van der Waals surface area contributed by atoms with Gasteiger partial charge in [0.15, 0.2) is 5.15 Å². The fourth-order valence-corrected chi connectivity index (χ4v) is 1.48. The molecule has 0 aliphatic heterocycles. The summed E-state index contributed by atoms with van der Waals surface area (Å²) in [6.07, 6.45) is 1.84. The van der Waals surface area contributed by atoms with E-state index in [1.165, 1.54) is 11.8 Å². The zero-order chi connectivity index (χ0) is 11.6. The number of thioether (sulfide) groups is 1. The summed E-state index contributed by atoms with van der Waals surface area (Å²) in [6, 6.07) is 0. The average Bonchev–Trinajstić information content (AvgIpc) is 2.21. The molecule has 0 aliphatic carbocycles. The quantitative estimate of drug-likeness (QED) is 0.819. The monoisotopic (exact) mass is 252 g/mol. The predicted molar refractivity (Wildman–Crippen MR) is 59.3 cm³/mol. The smallest absolute Gasteiger partial charge is 0.295 e. The van der Waals surface area contributed by atoms with Crippen LogP contribution < -0.4 is 11.2 Å². The van der Waals surface area contributed by atoms with Gasteiger partial charge in [-0.15, -0.1) is 0 Å². The van der Waals surface area contributed by atoms with Gasteiger partial charge in [-0.3, -0.25) is 14.3 Å². The lowest BCUT2D eigenvalue weighted by atomic mass is 10.4. The number of halogens is 2. The zero-order valence-corrected chi connectivity index (χ0v) is 9.78. The Bertz CT molecular complexity index is 471. The number of aromatic amines is 1. The third-order valence-corrected chi connectivity index (χ3v) is 3.14. The zero-order valence-electron chi connectivity index (χ0n) is 8.21. The Morgan fingerprint density at radius 1 is 1.60 bits per heavy atom. The molecule has 0 aromatic carbocycles. The number of hydrogen-bond donors (Lipinski definition) is 1. The molecule has 0 amide bonds. The molecule has 0 saturated heterocycles. The second-order valence-corrected chi connectivity index (χ2v) is 4.67. The van der Waals surface area contributed by atoms with E-state index < -0.39 is 22.2 Å². The first kappa shape index (κ1) is 12.3. The van der Waals surface area contributed by atoms with Crippen LogP contribution in [0, 0.1) is 5.82 Å². The molecular formula is C8H10ClFN2O2S. The molecule has 1 aromatic rings. The molecule has 15 heavy (non-hydrogen) atoms. The van der Waals surface area contributed by atoms with Gasteiger partial charge < -0.3 is 0 Å². The molecule has 0 fully saturated rings. The number of nitrogens with zero attached hydrogens (tertiary/aromatic N) is 1. The van der Waals surface area contributed by atoms with Crippen LogP contribution in [0.5, 0.6) is 0 Å². The summed E-state index contributed by atoms with van der Waals surface area (Å²) in [5, 5.41) is -0.498. The Morgan fingerprint density at radius 3 is 2.73 bits per heavy atom. The molecule has 1 rings (SSSR count). The number of hydrogen-bond acceptors (Lipinski definition) is 3. The lowest BCUT2D eigenvalue weighted by Gasteiger charge is -2.09. The summed E-state index contributed by atoms with van der Waals surface area (Å²) in [6.45, 7) is 1.99. The molecule has 7 heteroatoms. The summed E-state index contributed by atoms with van der Waals surface area (Å²) < 4.78 is 13.9. The predicted octanol–water partition coefficient (Wildman–Crippen LogP) is 1.08. The van der Waals surface area contributed by atoms with E-state index in [1.807, 2.05) is 13.2 Å². The van der Waals surface area contributed by atoms with E-state index >= 15 is 0 Å². The van der Waals surface area contributed by atoms with Crippen molar-refractivity contribution in [1.82, 2.24) is 9.55 Å². The normalized spacial score (nSPS) is 12.8. The molecule has 1 unspecified atom stereocenters. The Morgan fingerprint density at radius 2 is 2.20 bits per heavy atom. The van der Waals surface area contributed by atoms with Crippen molar-refractivity contribution >= 4 is 23.4 Å². The van der Waals surface area contributed by atoms with E-state index in [2.05, 4.69) is 4.98 Å². The van der Waals surface area contributed by atoms with E-state index in [4.69, 9.17) is 11.6 Å². The average molecular weight is 253 g/mol. The van der Waals surface area contributed by atoms with Crippen LogP contribution in [0.3, 0.4) is 0 Å². The van der Waals surface area contributed by atoms with Gasteiger partial charge in [-0.05, 0) is 6.26 Å². The van der Waals surface area contributed by atoms with Crippen molar-refractivity contribution in [3.8, 4) is 0 Å². The number of H-pyrrole nitrogens is 1. The maximum Gasteiger partial charge on any atom is 0.329 e. The van der Waals surface area contributed by atoms with Gasteiger partial charge in [0, 0.05) is 11.8 Å². The van der Waals surface area contributed by atoms with Gasteiger partial charge in [0.1, 0.15) is 0 Å². The molecule has 84 valence electrons. The first-order valence-electron chi connectivity index (χ1n) is 4.18. The van der Waals surface area contributed by atoms with Crippen molar-refractivity contribution in [2.75, 3.05) is 6.26 Å². The number of rotatable bonds is 3. The van der Waals surface area contributed by atoms with Crippen molar-refractivity contribution in [1.29, 1.82) is 0 Å². The van der Waals surface area contributed by atoms with Crippen LogP contribution in [0.1, 0.15) is 6.92 Å². The van der Waals surface area contributed by atoms with Crippen molar-refractivity contribution in [3.05, 3.63) is 31.8 Å². The van der Waals surface area contributed by atoms with E-state index in [9.17, 15) is 14.0 Å². The Kier molecular flexibility index (Phi) is 3.98. The van der Waals surface area contributed by atoms with Gasteiger partial charge in [-0.25, -0.2) is 4.79 Å². The van der Waals surface area contributed by atoms with E-state index in [0.29, 0.717) is 0 Å². The summed E-state index contributed by atoms with van der Waals surface area (Å²) in [7, 11) is 0. The highest BCUT2D eigenvalue weighted by Gasteiger charge is 2.13. The summed E-state index contributed by atoms with van der Waals surface area (Å²) in [5.74, 6) is -1.12. The molecular weight excluding hydrogens is 243 g/mol. The Labute approximate surface area is 94.5 Å². The van der Waals surface area contributed by atoms with E-state index in [0.717, 1.165) is 4.57 Å². The minimum Gasteiger partial charge on any atom is -0.295 e. The van der Waals surface area contributed by atoms with Crippen molar-refractivity contribution in [3.63, 3.8) is 0 Å². The largest absolute Gasteiger partial charge is 0.329 e. The van der Waals surface area contributed by atoms with Crippen LogP contribution in [0.15, 0.2) is 9.59 Å². The maximum atomic E-state index is 13.1. The molecule has 4 nitrogen and oxygen atoms in total. The van der Waals surface area contributed by atoms with Crippen molar-refractivity contribution in [2.45, 2.75) is 18.7 Å². The van der Waals surface area contributed by atoms with Gasteiger partial charge in [0.2, 0.25) is 5.82 Å². The molecule has 1 aromatic heterocycles. The topological polar surface area (TPSA) is 54.9 Å². The molecule has 0 radical (unpaired) electrons. The first-order chi connectivity index (χ1) is 6.97. The molecule has 0 saturated carbocycles. The molecule has 0 spiro atoms. The summed E-state index contributed by atoms with van der Waals surface area (Å²) in [5.41, 5.74) is -1.67. The van der Waals surface area contributed by atoms with Crippen LogP contribution in [0.25, 0.3) is 0 Å². The maximum absolute atomic E-state index is 13.1. The molecule has 0 bridgehead atoms. The highest BCUT2D eigenvalue weighted by molar-refractivity contribution is 7.99. The SMILES string of the molecule is CSC(C)Cn1c(=O)[nH]c(Cl)c(F)c1=O. The van der Waals surface area contributed by atoms with Crippen LogP contribution in [0.4, 0.5) is 4.39 Å². The van der Waals surface area contributed by atoms with Crippen LogP contribution in [0.2, 0.25) is 5.15 Å². The minimum atomic E-state index is -1.12. The van der Waals surface area contributed by atoms with Gasteiger partial charge in [-0.1, -0.05) is 18.5 Å². The lowest BCUT2D eigenvalue weighted by molar-refractivity contribution is 0.538. The summed E-state index contributed by atoms with van der Waals surface area (Å²) in [4.78, 5) is 24.7. The summed E-state index contributed by atoms with van der Waals surface area (Å²) >= 11 is 6.79. The number of aromatic nitrogens is 2. The van der Waals surface area contributed by atoms with E-state index in [1.54, 1.807) is 0 Å². The van der Waals surface area contributed by atoms with Gasteiger partial charge in [0.25, 0.3) is 5.56 Å². The van der Waals surface area contributed by atoms with E-state index in [-0.39, 0.29) is 11.8 Å². The van der Waals surface area contributed by atoms with Crippen LogP contribution in [-0.2, 0) is 6.54 Å². The second kappa shape index (κ2) is 4.85. The van der Waals surface area contributed by atoms with Crippen molar-refractivity contribution < 1.29 is 4.39 Å². The molecule has 0 aliphatic rings. The van der Waals surface area contributed by atoms with Gasteiger partial charge in [-0.2, -0.15) is 16.2 Å². The Hall–Kier alpha value is -0.750. The standard InChI is InChI=1S/C8H10ClFN2O2S/c1-4(15-2)3-12-7(13)5(10)6(9)11-8(12)14/h4H,3H2,1-2H3,(H,11,14). The highest BCUT2D eigenvalue weighted by Crippen LogP contribution is 2.07. The second-order valence-electron chi connectivity index (χ2n) is 3.02. The Balaban J connectivity index is 3.25. The van der Waals surface area contributed by atoms with Gasteiger partial charge in [0.05, 0.1) is 0 Å². The third-order valence-electron chi connectivity index (χ3n) is 1.93. The fraction of sp³-hybridized carbons (Fsp3) is 0.500. The van der Waals surface area contributed by atoms with Crippen LogP contribution >= 0.6 is 23.4 Å². The fourth-order valence-electron chi connectivity index (χ4n) is 1.02. The third kappa shape index (κ3) is 2.63. The molecule has 1 atom stereocenters. The van der Waals surface area contributed by atoms with Gasteiger partial charge >= 0.3 is 5.69 Å². The molecule has 1 heterocycles.